The molecule has 2 aromatic carbocycles. The van der Waals surface area contributed by atoms with Crippen LogP contribution in [0.3, 0.4) is 0 Å². The van der Waals surface area contributed by atoms with Gasteiger partial charge in [-0.05, 0) is 37.1 Å². The SMILES string of the molecule is Cc1cc(/C(CC(c2ccccc2)c2ccccc2)=N\O)cc(C)n1. The van der Waals surface area contributed by atoms with Gasteiger partial charge in [0.25, 0.3) is 0 Å². The van der Waals surface area contributed by atoms with E-state index in [0.717, 1.165) is 17.0 Å². The van der Waals surface area contributed by atoms with Crippen molar-refractivity contribution in [3.05, 3.63) is 101 Å². The largest absolute Gasteiger partial charge is 0.411 e. The molecule has 0 unspecified atom stereocenters. The maximum absolute atomic E-state index is 9.67. The number of nitrogens with zero attached hydrogens (tertiary/aromatic N) is 2. The molecule has 0 aliphatic rings. The monoisotopic (exact) mass is 330 g/mol. The molecule has 1 heterocycles. The van der Waals surface area contributed by atoms with Crippen LogP contribution in [0.15, 0.2) is 78.0 Å². The lowest BCUT2D eigenvalue weighted by molar-refractivity contribution is 0.317. The van der Waals surface area contributed by atoms with E-state index < -0.39 is 0 Å². The predicted octanol–water partition coefficient (Wildman–Crippen LogP) is 5.10. The zero-order chi connectivity index (χ0) is 17.6. The Bertz CT molecular complexity index is 798. The molecule has 0 fully saturated rings. The zero-order valence-corrected chi connectivity index (χ0v) is 14.6. The summed E-state index contributed by atoms with van der Waals surface area (Å²) in [5.41, 5.74) is 5.85. The normalized spacial score (nSPS) is 11.7. The molecule has 0 saturated carbocycles. The highest BCUT2D eigenvalue weighted by atomic mass is 16.4. The number of aromatic nitrogens is 1. The highest BCUT2D eigenvalue weighted by Gasteiger charge is 2.19. The maximum Gasteiger partial charge on any atom is 0.0878 e. The third kappa shape index (κ3) is 4.13. The highest BCUT2D eigenvalue weighted by molar-refractivity contribution is 6.01. The van der Waals surface area contributed by atoms with Crippen LogP contribution in [0.4, 0.5) is 0 Å². The topological polar surface area (TPSA) is 45.5 Å². The first-order valence-electron chi connectivity index (χ1n) is 8.44. The minimum absolute atomic E-state index is 0.127. The smallest absolute Gasteiger partial charge is 0.0878 e. The molecule has 126 valence electrons. The fraction of sp³-hybridized carbons (Fsp3) is 0.182. The van der Waals surface area contributed by atoms with Crippen molar-refractivity contribution in [3.8, 4) is 0 Å². The number of aryl methyl sites for hydroxylation is 2. The molecule has 0 spiro atoms. The van der Waals surface area contributed by atoms with Crippen LogP contribution in [-0.4, -0.2) is 15.9 Å². The summed E-state index contributed by atoms with van der Waals surface area (Å²) in [6.07, 6.45) is 0.618. The van der Waals surface area contributed by atoms with Crippen LogP contribution in [0.1, 0.15) is 40.4 Å². The molecule has 0 saturated heterocycles. The summed E-state index contributed by atoms with van der Waals surface area (Å²) in [5.74, 6) is 0.127. The first-order chi connectivity index (χ1) is 12.2. The van der Waals surface area contributed by atoms with Crippen LogP contribution >= 0.6 is 0 Å². The summed E-state index contributed by atoms with van der Waals surface area (Å²) in [4.78, 5) is 4.41. The molecule has 1 aromatic heterocycles. The molecule has 0 atom stereocenters. The van der Waals surface area contributed by atoms with E-state index in [4.69, 9.17) is 0 Å². The lowest BCUT2D eigenvalue weighted by Gasteiger charge is -2.19. The summed E-state index contributed by atoms with van der Waals surface area (Å²) in [7, 11) is 0. The van der Waals surface area contributed by atoms with E-state index in [1.165, 1.54) is 11.1 Å². The standard InChI is InChI=1S/C22H22N2O/c1-16-13-20(14-17(2)23-16)22(24-25)15-21(18-9-5-3-6-10-18)19-11-7-4-8-12-19/h3-14,21,25H,15H2,1-2H3/b24-22-. The van der Waals surface area contributed by atoms with Crippen molar-refractivity contribution >= 4 is 5.71 Å². The molecule has 3 nitrogen and oxygen atoms in total. The molecular weight excluding hydrogens is 308 g/mol. The second-order valence-corrected chi connectivity index (χ2v) is 6.26. The summed E-state index contributed by atoms with van der Waals surface area (Å²) in [6, 6.07) is 24.6. The molecule has 0 bridgehead atoms. The third-order valence-corrected chi connectivity index (χ3v) is 4.34. The third-order valence-electron chi connectivity index (χ3n) is 4.34. The van der Waals surface area contributed by atoms with Crippen molar-refractivity contribution in [2.24, 2.45) is 5.16 Å². The molecule has 0 aliphatic heterocycles. The minimum atomic E-state index is 0.127. The Balaban J connectivity index is 1.99. The van der Waals surface area contributed by atoms with Crippen LogP contribution in [0.2, 0.25) is 0 Å². The first kappa shape index (κ1) is 16.9. The van der Waals surface area contributed by atoms with Crippen molar-refractivity contribution < 1.29 is 5.21 Å². The molecule has 3 heteroatoms. The van der Waals surface area contributed by atoms with Gasteiger partial charge in [0.2, 0.25) is 0 Å². The van der Waals surface area contributed by atoms with Gasteiger partial charge in [0, 0.05) is 29.3 Å². The van der Waals surface area contributed by atoms with Gasteiger partial charge in [0.15, 0.2) is 0 Å². The summed E-state index contributed by atoms with van der Waals surface area (Å²) in [5, 5.41) is 13.3. The highest BCUT2D eigenvalue weighted by Crippen LogP contribution is 2.29. The van der Waals surface area contributed by atoms with Gasteiger partial charge < -0.3 is 5.21 Å². The minimum Gasteiger partial charge on any atom is -0.411 e. The molecule has 3 aromatic rings. The summed E-state index contributed by atoms with van der Waals surface area (Å²) in [6.45, 7) is 3.91. The van der Waals surface area contributed by atoms with E-state index in [2.05, 4.69) is 34.4 Å². The van der Waals surface area contributed by atoms with Crippen molar-refractivity contribution in [1.82, 2.24) is 4.98 Å². The number of hydrogen-bond donors (Lipinski definition) is 1. The van der Waals surface area contributed by atoms with Crippen molar-refractivity contribution in [1.29, 1.82) is 0 Å². The molecule has 1 N–H and O–H groups in total. The Kier molecular flexibility index (Phi) is 5.24. The van der Waals surface area contributed by atoms with Gasteiger partial charge in [-0.15, -0.1) is 0 Å². The van der Waals surface area contributed by atoms with Crippen molar-refractivity contribution in [3.63, 3.8) is 0 Å². The van der Waals surface area contributed by atoms with Gasteiger partial charge in [-0.2, -0.15) is 0 Å². The average Bonchev–Trinajstić information content (AvgIpc) is 2.63. The Morgan fingerprint density at radius 1 is 0.880 bits per heavy atom. The Morgan fingerprint density at radius 2 is 1.36 bits per heavy atom. The maximum atomic E-state index is 9.67. The van der Waals surface area contributed by atoms with E-state index in [1.807, 2.05) is 62.4 Å². The van der Waals surface area contributed by atoms with Crippen LogP contribution in [0.25, 0.3) is 0 Å². The molecule has 0 aliphatic carbocycles. The zero-order valence-electron chi connectivity index (χ0n) is 14.6. The second kappa shape index (κ2) is 7.75. The van der Waals surface area contributed by atoms with Gasteiger partial charge in [0.1, 0.15) is 0 Å². The molecule has 0 radical (unpaired) electrons. The Labute approximate surface area is 148 Å². The quantitative estimate of drug-likeness (QED) is 0.402. The molecule has 0 amide bonds. The van der Waals surface area contributed by atoms with Gasteiger partial charge in [-0.25, -0.2) is 0 Å². The van der Waals surface area contributed by atoms with Crippen LogP contribution in [0.5, 0.6) is 0 Å². The van der Waals surface area contributed by atoms with E-state index in [-0.39, 0.29) is 5.92 Å². The summed E-state index contributed by atoms with van der Waals surface area (Å²) < 4.78 is 0. The Hall–Kier alpha value is -2.94. The van der Waals surface area contributed by atoms with Gasteiger partial charge in [-0.1, -0.05) is 65.8 Å². The fourth-order valence-corrected chi connectivity index (χ4v) is 3.21. The molecular formula is C22H22N2O. The number of pyridine rings is 1. The lowest BCUT2D eigenvalue weighted by Crippen LogP contribution is -2.11. The van der Waals surface area contributed by atoms with E-state index in [1.54, 1.807) is 0 Å². The summed E-state index contributed by atoms with van der Waals surface area (Å²) >= 11 is 0. The Morgan fingerprint density at radius 3 is 1.80 bits per heavy atom. The number of rotatable bonds is 5. The number of hydrogen-bond acceptors (Lipinski definition) is 3. The van der Waals surface area contributed by atoms with Gasteiger partial charge in [-0.3, -0.25) is 4.98 Å². The second-order valence-electron chi connectivity index (χ2n) is 6.26. The molecule has 25 heavy (non-hydrogen) atoms. The average molecular weight is 330 g/mol. The number of oxime groups is 1. The molecule has 3 rings (SSSR count). The number of benzene rings is 2. The van der Waals surface area contributed by atoms with Gasteiger partial charge in [0.05, 0.1) is 5.71 Å². The van der Waals surface area contributed by atoms with Crippen molar-refractivity contribution in [2.75, 3.05) is 0 Å². The van der Waals surface area contributed by atoms with Crippen LogP contribution < -0.4 is 0 Å². The fourth-order valence-electron chi connectivity index (χ4n) is 3.21. The van der Waals surface area contributed by atoms with Crippen LogP contribution in [-0.2, 0) is 0 Å². The van der Waals surface area contributed by atoms with Crippen molar-refractivity contribution in [2.45, 2.75) is 26.2 Å². The van der Waals surface area contributed by atoms with Crippen LogP contribution in [0, 0.1) is 13.8 Å². The first-order valence-corrected chi connectivity index (χ1v) is 8.44. The van der Waals surface area contributed by atoms with Gasteiger partial charge >= 0.3 is 0 Å². The van der Waals surface area contributed by atoms with E-state index >= 15 is 0 Å². The van der Waals surface area contributed by atoms with E-state index in [0.29, 0.717) is 12.1 Å². The van der Waals surface area contributed by atoms with E-state index in [9.17, 15) is 5.21 Å². The predicted molar refractivity (Wildman–Crippen MR) is 101 cm³/mol. The lowest BCUT2D eigenvalue weighted by atomic mass is 9.85.